The van der Waals surface area contributed by atoms with Gasteiger partial charge in [0.15, 0.2) is 0 Å². The van der Waals surface area contributed by atoms with Gasteiger partial charge in [-0.1, -0.05) is 15.1 Å². The molecular formula is C39H27N3O30S9. The summed E-state index contributed by atoms with van der Waals surface area (Å²) in [5.74, 6) is -4.35. The summed E-state index contributed by atoms with van der Waals surface area (Å²) in [6.45, 7) is 0. The minimum absolute atomic E-state index is 0.0496. The van der Waals surface area contributed by atoms with E-state index in [9.17, 15) is 92.2 Å². The molecule has 0 spiro atoms. The van der Waals surface area contributed by atoms with Gasteiger partial charge in [-0.2, -0.15) is 50.5 Å². The first-order valence-corrected chi connectivity index (χ1v) is 31.1. The lowest BCUT2D eigenvalue weighted by atomic mass is 10.0. The van der Waals surface area contributed by atoms with E-state index in [-0.39, 0.29) is 41.0 Å². The lowest BCUT2D eigenvalue weighted by Crippen LogP contribution is -2.20. The van der Waals surface area contributed by atoms with Crippen LogP contribution in [-0.4, -0.2) is 111 Å². The maximum absolute atomic E-state index is 14.4. The normalized spacial score (nSPS) is 12.7. The quantitative estimate of drug-likeness (QED) is 0.0178. The molecule has 42 heteroatoms. The van der Waals surface area contributed by atoms with Crippen LogP contribution in [0.3, 0.4) is 0 Å². The molecule has 0 unspecified atom stereocenters. The lowest BCUT2D eigenvalue weighted by molar-refractivity contribution is -0.432. The Bertz CT molecular complexity index is 4330. The second kappa shape index (κ2) is 23.6. The molecule has 0 heterocycles. The Morgan fingerprint density at radius 2 is 0.667 bits per heavy atom. The maximum atomic E-state index is 14.4. The van der Waals surface area contributed by atoms with Gasteiger partial charge in [-0.3, -0.25) is 41.7 Å². The van der Waals surface area contributed by atoms with E-state index in [2.05, 4.69) is 44.1 Å². The van der Waals surface area contributed by atoms with Crippen molar-refractivity contribution in [3.05, 3.63) is 108 Å². The molecule has 0 bridgehead atoms. The van der Waals surface area contributed by atoms with E-state index >= 15 is 0 Å². The maximum Gasteiger partial charge on any atom is 0.296 e. The standard InChI is InChI=1S/C39H27N3O30S9/c43-37(40-28-13-25-17(7-31(28)74-71-68-47)5-23(76(49,50)51)11-34(25)79(58,59)60)19-1-20(38(44)41-29-14-26-18(8-32(29)75-72-69-48)6-24(77(52,53)54)12-35(26)80(61,62)63)3-21(2-19)39(45)42-30-15-27-16(9-36(30)81(64,65)66)4-22(73-70-67-46)10-33(27)78(55,56)57/h1-15,46-48H,(H,40,43)(H,41,44)(H,42,45)(H,49,50,51)(H,52,53,54)(H,55,56,57)(H,58,59,60)(H,61,62,63)(H,64,65,66). The van der Waals surface area contributed by atoms with Crippen molar-refractivity contribution in [1.29, 1.82) is 0 Å². The summed E-state index contributed by atoms with van der Waals surface area (Å²) in [5.41, 5.74) is -4.53. The first-order chi connectivity index (χ1) is 37.5. The molecule has 0 aromatic heterocycles. The summed E-state index contributed by atoms with van der Waals surface area (Å²) in [6, 6.07) is 10.5. The molecule has 7 aromatic rings. The zero-order chi connectivity index (χ0) is 59.9. The fourth-order valence-electron chi connectivity index (χ4n) is 7.38. The monoisotopic (exact) mass is 1300 g/mol. The van der Waals surface area contributed by atoms with E-state index in [1.807, 2.05) is 0 Å². The van der Waals surface area contributed by atoms with Gasteiger partial charge in [0, 0.05) is 37.7 Å². The van der Waals surface area contributed by atoms with Gasteiger partial charge in [0.1, 0.15) is 19.6 Å². The Balaban J connectivity index is 1.43. The van der Waals surface area contributed by atoms with Gasteiger partial charge in [0.2, 0.25) is 0 Å². The van der Waals surface area contributed by atoms with Crippen molar-refractivity contribution in [3.8, 4) is 0 Å². The van der Waals surface area contributed by atoms with E-state index < -0.39 is 184 Å². The number of amides is 3. The molecule has 81 heavy (non-hydrogen) atoms. The first kappa shape index (κ1) is 62.5. The molecule has 0 radical (unpaired) electrons. The Morgan fingerprint density at radius 1 is 0.346 bits per heavy atom. The topological polar surface area (TPSA) is 530 Å². The molecule has 0 saturated heterocycles. The second-order valence-corrected chi connectivity index (χ2v) is 26.3. The predicted octanol–water partition coefficient (Wildman–Crippen LogP) is 5.67. The largest absolute Gasteiger partial charge is 0.321 e. The van der Waals surface area contributed by atoms with Crippen LogP contribution in [0.4, 0.5) is 17.1 Å². The lowest BCUT2D eigenvalue weighted by Gasteiger charge is -2.16. The highest BCUT2D eigenvalue weighted by atomic mass is 32.2. The fourth-order valence-corrected chi connectivity index (χ4v) is 13.0. The Morgan fingerprint density at radius 3 is 1.01 bits per heavy atom. The van der Waals surface area contributed by atoms with Crippen molar-refractivity contribution >= 4 is 164 Å². The van der Waals surface area contributed by atoms with Gasteiger partial charge in [0.05, 0.1) is 72.8 Å². The Hall–Kier alpha value is -6.12. The number of hydrogen-bond acceptors (Lipinski definition) is 27. The number of hydrogen-bond donors (Lipinski definition) is 12. The molecule has 7 rings (SSSR count). The Labute approximate surface area is 464 Å². The number of benzene rings is 7. The molecule has 0 atom stereocenters. The van der Waals surface area contributed by atoms with E-state index in [1.54, 1.807) is 0 Å². The van der Waals surface area contributed by atoms with E-state index in [0.717, 1.165) is 36.4 Å². The van der Waals surface area contributed by atoms with Crippen LogP contribution in [-0.2, 0) is 88.8 Å². The van der Waals surface area contributed by atoms with Crippen LogP contribution >= 0.6 is 36.1 Å². The number of rotatable bonds is 21. The number of anilines is 3. The summed E-state index contributed by atoms with van der Waals surface area (Å²) < 4.78 is 222. The van der Waals surface area contributed by atoms with Crippen LogP contribution in [0.15, 0.2) is 135 Å². The van der Waals surface area contributed by atoms with Gasteiger partial charge >= 0.3 is 0 Å². The summed E-state index contributed by atoms with van der Waals surface area (Å²) in [4.78, 5) is 35.4. The van der Waals surface area contributed by atoms with Crippen LogP contribution < -0.4 is 16.0 Å². The minimum atomic E-state index is -5.46. The van der Waals surface area contributed by atoms with Gasteiger partial charge < -0.3 is 16.0 Å². The number of fused-ring (bicyclic) bond motifs is 3. The molecule has 0 saturated carbocycles. The highest BCUT2D eigenvalue weighted by Crippen LogP contribution is 2.40. The molecule has 0 fully saturated rings. The number of carbonyl (C=O) groups is 3. The molecule has 12 N–H and O–H groups in total. The summed E-state index contributed by atoms with van der Waals surface area (Å²) in [5, 5.41) is 40.8. The molecule has 432 valence electrons. The van der Waals surface area contributed by atoms with Crippen molar-refractivity contribution in [2.75, 3.05) is 16.0 Å². The van der Waals surface area contributed by atoms with Crippen molar-refractivity contribution < 1.29 is 136 Å². The molecular weight excluding hydrogens is 1280 g/mol. The van der Waals surface area contributed by atoms with E-state index in [1.165, 1.54) is 0 Å². The smallest absolute Gasteiger partial charge is 0.296 e. The average Bonchev–Trinajstić information content (AvgIpc) is 3.37. The molecule has 0 aliphatic carbocycles. The number of carbonyl (C=O) groups excluding carboxylic acids is 3. The molecule has 33 nitrogen and oxygen atoms in total. The molecule has 3 amide bonds. The molecule has 0 aliphatic rings. The van der Waals surface area contributed by atoms with Crippen molar-refractivity contribution in [3.63, 3.8) is 0 Å². The van der Waals surface area contributed by atoms with Crippen molar-refractivity contribution in [2.24, 2.45) is 0 Å². The van der Waals surface area contributed by atoms with Crippen molar-refractivity contribution in [1.82, 2.24) is 0 Å². The summed E-state index contributed by atoms with van der Waals surface area (Å²) >= 11 is 0.247. The van der Waals surface area contributed by atoms with Crippen LogP contribution in [0.2, 0.25) is 0 Å². The van der Waals surface area contributed by atoms with Crippen molar-refractivity contribution in [2.45, 2.75) is 44.1 Å². The third-order valence-electron chi connectivity index (χ3n) is 10.6. The predicted molar refractivity (Wildman–Crippen MR) is 273 cm³/mol. The zero-order valence-electron chi connectivity index (χ0n) is 38.4. The minimum Gasteiger partial charge on any atom is -0.321 e. The van der Waals surface area contributed by atoms with Gasteiger partial charge in [0.25, 0.3) is 78.4 Å². The SMILES string of the molecule is O=C(Nc1cc2c(S(=O)(=O)O)cc(S(=O)(=O)O)cc2cc1SOOO)c1cc(C(=O)Nc2cc3c(S(=O)(=O)O)cc(S(=O)(=O)O)cc3cc2SOOO)cc(C(=O)Nc2cc3c(S(=O)(=O)O)cc(SOOO)cc3cc2S(=O)(=O)O)c1. The zero-order valence-corrected chi connectivity index (χ0v) is 45.8. The highest BCUT2D eigenvalue weighted by Gasteiger charge is 2.28. The first-order valence-electron chi connectivity index (χ1n) is 20.3. The highest BCUT2D eigenvalue weighted by molar-refractivity contribution is 7.95. The average molecular weight is 1310 g/mol. The summed E-state index contributed by atoms with van der Waals surface area (Å²) in [7, 11) is -31.9. The molecule has 7 aromatic carbocycles. The van der Waals surface area contributed by atoms with Gasteiger partial charge in [-0.05, 0) is 107 Å². The van der Waals surface area contributed by atoms with E-state index in [0.29, 0.717) is 54.6 Å². The number of nitrogens with one attached hydrogen (secondary N) is 3. The van der Waals surface area contributed by atoms with Crippen LogP contribution in [0.1, 0.15) is 31.1 Å². The van der Waals surface area contributed by atoms with Crippen LogP contribution in [0.5, 0.6) is 0 Å². The van der Waals surface area contributed by atoms with Gasteiger partial charge in [-0.15, -0.1) is 13.0 Å². The van der Waals surface area contributed by atoms with E-state index in [4.69, 9.17) is 15.8 Å². The molecule has 0 aliphatic heterocycles. The van der Waals surface area contributed by atoms with Gasteiger partial charge in [-0.25, -0.2) is 15.8 Å². The summed E-state index contributed by atoms with van der Waals surface area (Å²) in [6.07, 6.45) is 0. The van der Waals surface area contributed by atoms with Crippen LogP contribution in [0, 0.1) is 0 Å². The Kier molecular flexibility index (Phi) is 18.2. The third-order valence-corrected chi connectivity index (χ3v) is 17.7. The third kappa shape index (κ3) is 14.6. The van der Waals surface area contributed by atoms with Crippen LogP contribution in [0.25, 0.3) is 32.3 Å². The fraction of sp³-hybridized carbons (Fsp3) is 0. The second-order valence-electron chi connectivity index (χ2n) is 15.7.